The summed E-state index contributed by atoms with van der Waals surface area (Å²) < 4.78 is 5.22. The maximum atomic E-state index is 12.6. The summed E-state index contributed by atoms with van der Waals surface area (Å²) in [6.07, 6.45) is 1.92. The van der Waals surface area contributed by atoms with E-state index in [0.29, 0.717) is 12.4 Å². The van der Waals surface area contributed by atoms with Gasteiger partial charge >= 0.3 is 6.03 Å². The minimum absolute atomic E-state index is 0. The molecule has 1 saturated heterocycles. The van der Waals surface area contributed by atoms with Crippen molar-refractivity contribution in [2.24, 2.45) is 11.7 Å². The Bertz CT molecular complexity index is 833. The Kier molecular flexibility index (Phi) is 4.72. The fourth-order valence-electron chi connectivity index (χ4n) is 3.16. The second-order valence-electron chi connectivity index (χ2n) is 6.71. The number of urea groups is 1. The smallest absolute Gasteiger partial charge is 0.325 e. The highest BCUT2D eigenvalue weighted by molar-refractivity contribution is 6.07. The van der Waals surface area contributed by atoms with E-state index in [-0.39, 0.29) is 36.7 Å². The molecule has 0 bridgehead atoms. The Morgan fingerprint density at radius 1 is 1.31 bits per heavy atom. The topological polar surface area (TPSA) is 114 Å². The van der Waals surface area contributed by atoms with E-state index in [1.54, 1.807) is 6.92 Å². The first kappa shape index (κ1) is 18.3. The van der Waals surface area contributed by atoms with Crippen LogP contribution in [-0.4, -0.2) is 32.5 Å². The third-order valence-electron chi connectivity index (χ3n) is 4.90. The predicted molar refractivity (Wildman–Crippen MR) is 95.1 cm³/mol. The van der Waals surface area contributed by atoms with Crippen molar-refractivity contribution in [3.63, 3.8) is 0 Å². The van der Waals surface area contributed by atoms with E-state index < -0.39 is 11.6 Å². The summed E-state index contributed by atoms with van der Waals surface area (Å²) in [6.45, 7) is 2.22. The number of nitrogens with zero attached hydrogens (tertiary/aromatic N) is 3. The zero-order valence-electron chi connectivity index (χ0n) is 14.3. The molecule has 1 atom stereocenters. The number of imide groups is 1. The molecule has 0 spiro atoms. The lowest BCUT2D eigenvalue weighted by atomic mass is 9.96. The normalized spacial score (nSPS) is 22.3. The fourth-order valence-corrected chi connectivity index (χ4v) is 3.16. The van der Waals surface area contributed by atoms with Crippen LogP contribution < -0.4 is 11.1 Å². The molecule has 8 nitrogen and oxygen atoms in total. The summed E-state index contributed by atoms with van der Waals surface area (Å²) in [4.78, 5) is 30.2. The number of hydrogen-bond acceptors (Lipinski definition) is 6. The van der Waals surface area contributed by atoms with Gasteiger partial charge in [0.05, 0.1) is 0 Å². The van der Waals surface area contributed by atoms with Gasteiger partial charge in [-0.05, 0) is 31.2 Å². The van der Waals surface area contributed by atoms with Crippen LogP contribution in [-0.2, 0) is 17.9 Å². The van der Waals surface area contributed by atoms with Gasteiger partial charge in [0.15, 0.2) is 0 Å². The number of nitrogens with one attached hydrogen (secondary N) is 1. The quantitative estimate of drug-likeness (QED) is 0.768. The zero-order valence-corrected chi connectivity index (χ0v) is 15.1. The molecule has 1 aromatic heterocycles. The van der Waals surface area contributed by atoms with E-state index in [2.05, 4.69) is 15.5 Å². The van der Waals surface area contributed by atoms with E-state index in [1.807, 2.05) is 24.3 Å². The number of halogens is 1. The highest BCUT2D eigenvalue weighted by Gasteiger charge is 2.56. The molecule has 1 saturated carbocycles. The molecule has 1 aliphatic heterocycles. The first-order valence-electron chi connectivity index (χ1n) is 8.27. The van der Waals surface area contributed by atoms with E-state index in [9.17, 15) is 9.59 Å². The Hall–Kier alpha value is -2.45. The van der Waals surface area contributed by atoms with Crippen molar-refractivity contribution < 1.29 is 14.1 Å². The van der Waals surface area contributed by atoms with Crippen molar-refractivity contribution in [2.75, 3.05) is 0 Å². The van der Waals surface area contributed by atoms with Gasteiger partial charge in [-0.2, -0.15) is 4.98 Å². The predicted octanol–water partition coefficient (Wildman–Crippen LogP) is 1.84. The molecule has 0 radical (unpaired) electrons. The third-order valence-corrected chi connectivity index (χ3v) is 4.90. The molecular formula is C17H20ClN5O3. The standard InChI is InChI=1S/C17H19N5O3.ClH/c1-17(12-6-7-12)15(23)22(16(24)20-17)9-13-19-14(21-25-13)11-4-2-10(8-18)3-5-11;/h2-5,12H,6-9,18H2,1H3,(H,20,24);1H. The van der Waals surface area contributed by atoms with Gasteiger partial charge in [0.2, 0.25) is 11.7 Å². The van der Waals surface area contributed by atoms with Crippen LogP contribution in [0.2, 0.25) is 0 Å². The van der Waals surface area contributed by atoms with Crippen LogP contribution in [0.4, 0.5) is 4.79 Å². The molecule has 2 aliphatic rings. The van der Waals surface area contributed by atoms with Crippen molar-refractivity contribution >= 4 is 24.3 Å². The van der Waals surface area contributed by atoms with Crippen LogP contribution >= 0.6 is 12.4 Å². The molecule has 138 valence electrons. The molecule has 3 N–H and O–H groups in total. The summed E-state index contributed by atoms with van der Waals surface area (Å²) in [7, 11) is 0. The van der Waals surface area contributed by atoms with Gasteiger partial charge in [-0.1, -0.05) is 29.4 Å². The number of rotatable bonds is 5. The van der Waals surface area contributed by atoms with Gasteiger partial charge in [-0.3, -0.25) is 9.69 Å². The SMILES string of the molecule is CC1(C2CC2)NC(=O)N(Cc2nc(-c3ccc(CN)cc3)no2)C1=O.Cl. The number of aromatic nitrogens is 2. The minimum Gasteiger partial charge on any atom is -0.337 e. The average Bonchev–Trinajstić information content (AvgIpc) is 3.34. The van der Waals surface area contributed by atoms with Gasteiger partial charge in [-0.25, -0.2) is 4.79 Å². The van der Waals surface area contributed by atoms with Crippen molar-refractivity contribution in [1.82, 2.24) is 20.4 Å². The van der Waals surface area contributed by atoms with Crippen LogP contribution in [0.25, 0.3) is 11.4 Å². The van der Waals surface area contributed by atoms with E-state index in [0.717, 1.165) is 28.9 Å². The second-order valence-corrected chi connectivity index (χ2v) is 6.71. The van der Waals surface area contributed by atoms with Gasteiger partial charge in [-0.15, -0.1) is 12.4 Å². The number of nitrogens with two attached hydrogens (primary N) is 1. The van der Waals surface area contributed by atoms with Gasteiger partial charge < -0.3 is 15.6 Å². The first-order valence-corrected chi connectivity index (χ1v) is 8.27. The molecule has 2 heterocycles. The molecule has 2 aromatic rings. The first-order chi connectivity index (χ1) is 12.0. The van der Waals surface area contributed by atoms with Crippen molar-refractivity contribution in [1.29, 1.82) is 0 Å². The highest BCUT2D eigenvalue weighted by atomic mass is 35.5. The van der Waals surface area contributed by atoms with E-state index in [4.69, 9.17) is 10.3 Å². The molecule has 1 aromatic carbocycles. The van der Waals surface area contributed by atoms with Crippen molar-refractivity contribution in [2.45, 2.75) is 38.4 Å². The van der Waals surface area contributed by atoms with Crippen molar-refractivity contribution in [3.8, 4) is 11.4 Å². The monoisotopic (exact) mass is 377 g/mol. The molecule has 1 aliphatic carbocycles. The fraction of sp³-hybridized carbons (Fsp3) is 0.412. The zero-order chi connectivity index (χ0) is 17.6. The lowest BCUT2D eigenvalue weighted by molar-refractivity contribution is -0.132. The summed E-state index contributed by atoms with van der Waals surface area (Å²) in [5, 5.41) is 6.73. The van der Waals surface area contributed by atoms with Gasteiger partial charge in [0, 0.05) is 12.1 Å². The summed E-state index contributed by atoms with van der Waals surface area (Å²) in [5.74, 6) is 0.623. The summed E-state index contributed by atoms with van der Waals surface area (Å²) in [5.41, 5.74) is 6.57. The van der Waals surface area contributed by atoms with Crippen LogP contribution in [0.3, 0.4) is 0 Å². The number of carbonyl (C=O) groups is 2. The highest BCUT2D eigenvalue weighted by Crippen LogP contribution is 2.42. The number of hydrogen-bond donors (Lipinski definition) is 2. The molecule has 2 fully saturated rings. The Morgan fingerprint density at radius 3 is 2.62 bits per heavy atom. The lowest BCUT2D eigenvalue weighted by Crippen LogP contribution is -2.46. The van der Waals surface area contributed by atoms with Gasteiger partial charge in [0.25, 0.3) is 5.91 Å². The Labute approximate surface area is 156 Å². The molecule has 4 rings (SSSR count). The maximum absolute atomic E-state index is 12.6. The van der Waals surface area contributed by atoms with E-state index >= 15 is 0 Å². The van der Waals surface area contributed by atoms with Crippen LogP contribution in [0.1, 0.15) is 31.2 Å². The Balaban J connectivity index is 0.00000196. The summed E-state index contributed by atoms with van der Waals surface area (Å²) >= 11 is 0. The largest absolute Gasteiger partial charge is 0.337 e. The lowest BCUT2D eigenvalue weighted by Gasteiger charge is -2.20. The molecular weight excluding hydrogens is 358 g/mol. The van der Waals surface area contributed by atoms with E-state index in [1.165, 1.54) is 0 Å². The number of benzene rings is 1. The molecule has 9 heteroatoms. The van der Waals surface area contributed by atoms with Crippen LogP contribution in [0.15, 0.2) is 28.8 Å². The summed E-state index contributed by atoms with van der Waals surface area (Å²) in [6, 6.07) is 7.09. The minimum atomic E-state index is -0.808. The number of carbonyl (C=O) groups excluding carboxylic acids is 2. The Morgan fingerprint density at radius 2 is 2.00 bits per heavy atom. The second kappa shape index (κ2) is 6.69. The number of amides is 3. The molecule has 1 unspecified atom stereocenters. The van der Waals surface area contributed by atoms with Crippen molar-refractivity contribution in [3.05, 3.63) is 35.7 Å². The van der Waals surface area contributed by atoms with Gasteiger partial charge in [0.1, 0.15) is 12.1 Å². The average molecular weight is 378 g/mol. The molecule has 26 heavy (non-hydrogen) atoms. The third kappa shape index (κ3) is 3.06. The maximum Gasteiger partial charge on any atom is 0.325 e. The van der Waals surface area contributed by atoms with Crippen LogP contribution in [0.5, 0.6) is 0 Å². The van der Waals surface area contributed by atoms with Crippen LogP contribution in [0, 0.1) is 5.92 Å². The molecule has 3 amide bonds.